The first-order valence-corrected chi connectivity index (χ1v) is 8.61. The van der Waals surface area contributed by atoms with Crippen LogP contribution in [0.25, 0.3) is 0 Å². The zero-order valence-electron chi connectivity index (χ0n) is 15.5. The number of amides is 2. The van der Waals surface area contributed by atoms with E-state index in [-0.39, 0.29) is 23.3 Å². The minimum Gasteiger partial charge on any atom is -0.476 e. The molecule has 0 aliphatic heterocycles. The van der Waals surface area contributed by atoms with Crippen molar-refractivity contribution in [2.24, 2.45) is 0 Å². The Morgan fingerprint density at radius 1 is 1.11 bits per heavy atom. The third kappa shape index (κ3) is 4.87. The van der Waals surface area contributed by atoms with Crippen LogP contribution in [0.5, 0.6) is 0 Å². The van der Waals surface area contributed by atoms with Crippen LogP contribution < -0.4 is 5.32 Å². The first-order chi connectivity index (χ1) is 12.8. The smallest absolute Gasteiger partial charge is 0.356 e. The van der Waals surface area contributed by atoms with E-state index in [2.05, 4.69) is 15.3 Å². The summed E-state index contributed by atoms with van der Waals surface area (Å²) in [5.41, 5.74) is 0.437. The fourth-order valence-electron chi connectivity index (χ4n) is 2.51. The van der Waals surface area contributed by atoms with E-state index in [4.69, 9.17) is 5.11 Å². The zero-order chi connectivity index (χ0) is 20.0. The van der Waals surface area contributed by atoms with Gasteiger partial charge in [-0.1, -0.05) is 19.1 Å². The summed E-state index contributed by atoms with van der Waals surface area (Å²) in [5, 5.41) is 11.5. The number of aromatic carboxylic acids is 1. The second-order valence-corrected chi connectivity index (χ2v) is 6.18. The molecule has 0 aliphatic carbocycles. The van der Waals surface area contributed by atoms with Gasteiger partial charge in [-0.25, -0.2) is 14.8 Å². The molecular formula is C19H22N4O4. The van der Waals surface area contributed by atoms with Crippen molar-refractivity contribution in [3.8, 4) is 0 Å². The van der Waals surface area contributed by atoms with Crippen LogP contribution >= 0.6 is 0 Å². The number of aromatic nitrogens is 2. The first-order valence-electron chi connectivity index (χ1n) is 8.61. The maximum Gasteiger partial charge on any atom is 0.356 e. The second-order valence-electron chi connectivity index (χ2n) is 6.18. The number of nitrogens with one attached hydrogen (secondary N) is 1. The Labute approximate surface area is 157 Å². The molecule has 2 aromatic rings. The van der Waals surface area contributed by atoms with Crippen molar-refractivity contribution in [1.29, 1.82) is 0 Å². The summed E-state index contributed by atoms with van der Waals surface area (Å²) in [6.45, 7) is 6.49. The van der Waals surface area contributed by atoms with Crippen molar-refractivity contribution >= 4 is 23.5 Å². The Kier molecular flexibility index (Phi) is 6.59. The minimum absolute atomic E-state index is 0.0237. The van der Waals surface area contributed by atoms with E-state index in [1.807, 2.05) is 20.8 Å². The van der Waals surface area contributed by atoms with Crippen LogP contribution in [0.4, 0.5) is 5.69 Å². The van der Waals surface area contributed by atoms with Crippen molar-refractivity contribution in [3.05, 3.63) is 53.6 Å². The standard InChI is InChI=1S/C19H22N4O4/c1-4-9-23(12(2)3)18(25)13-7-5-6-8-14(13)22-17(24)15-10-21-16(11-20-15)19(26)27/h5-8,10-12H,4,9H2,1-3H3,(H,22,24)(H,26,27). The highest BCUT2D eigenvalue weighted by Crippen LogP contribution is 2.19. The van der Waals surface area contributed by atoms with Gasteiger partial charge in [0.1, 0.15) is 5.69 Å². The van der Waals surface area contributed by atoms with Gasteiger partial charge in [-0.3, -0.25) is 9.59 Å². The van der Waals surface area contributed by atoms with Gasteiger partial charge < -0.3 is 15.3 Å². The Hall–Kier alpha value is -3.29. The highest BCUT2D eigenvalue weighted by Gasteiger charge is 2.22. The van der Waals surface area contributed by atoms with Crippen molar-refractivity contribution in [3.63, 3.8) is 0 Å². The molecule has 142 valence electrons. The number of carbonyl (C=O) groups excluding carboxylic acids is 2. The lowest BCUT2D eigenvalue weighted by atomic mass is 10.1. The molecule has 0 fully saturated rings. The number of rotatable bonds is 7. The van der Waals surface area contributed by atoms with Gasteiger partial charge in [0.15, 0.2) is 5.69 Å². The highest BCUT2D eigenvalue weighted by molar-refractivity contribution is 6.08. The van der Waals surface area contributed by atoms with Crippen LogP contribution in [0.15, 0.2) is 36.7 Å². The van der Waals surface area contributed by atoms with E-state index >= 15 is 0 Å². The highest BCUT2D eigenvalue weighted by atomic mass is 16.4. The van der Waals surface area contributed by atoms with Crippen LogP contribution in [0, 0.1) is 0 Å². The quantitative estimate of drug-likeness (QED) is 0.775. The third-order valence-electron chi connectivity index (χ3n) is 3.86. The van der Waals surface area contributed by atoms with Crippen LogP contribution in [-0.4, -0.2) is 50.3 Å². The molecule has 0 radical (unpaired) electrons. The number of para-hydroxylation sites is 1. The number of carboxylic acid groups (broad SMARTS) is 1. The summed E-state index contributed by atoms with van der Waals surface area (Å²) >= 11 is 0. The summed E-state index contributed by atoms with van der Waals surface area (Å²) in [4.78, 5) is 45.4. The van der Waals surface area contributed by atoms with Gasteiger partial charge >= 0.3 is 5.97 Å². The van der Waals surface area contributed by atoms with Gasteiger partial charge in [0.2, 0.25) is 0 Å². The van der Waals surface area contributed by atoms with Gasteiger partial charge in [-0.2, -0.15) is 0 Å². The molecule has 8 heteroatoms. The van der Waals surface area contributed by atoms with E-state index in [0.717, 1.165) is 18.8 Å². The average Bonchev–Trinajstić information content (AvgIpc) is 2.65. The Morgan fingerprint density at radius 3 is 2.30 bits per heavy atom. The molecule has 0 atom stereocenters. The topological polar surface area (TPSA) is 112 Å². The van der Waals surface area contributed by atoms with E-state index in [9.17, 15) is 14.4 Å². The fraction of sp³-hybridized carbons (Fsp3) is 0.316. The number of hydrogen-bond donors (Lipinski definition) is 2. The van der Waals surface area contributed by atoms with E-state index in [1.165, 1.54) is 0 Å². The summed E-state index contributed by atoms with van der Waals surface area (Å²) in [6.07, 6.45) is 2.92. The minimum atomic E-state index is -1.23. The second kappa shape index (κ2) is 8.88. The number of benzene rings is 1. The van der Waals surface area contributed by atoms with Gasteiger partial charge in [0.05, 0.1) is 23.6 Å². The van der Waals surface area contributed by atoms with Gasteiger partial charge in [-0.15, -0.1) is 0 Å². The Morgan fingerprint density at radius 2 is 1.74 bits per heavy atom. The van der Waals surface area contributed by atoms with E-state index < -0.39 is 11.9 Å². The van der Waals surface area contributed by atoms with Gasteiger partial charge in [0, 0.05) is 12.6 Å². The van der Waals surface area contributed by atoms with E-state index in [1.54, 1.807) is 29.2 Å². The number of carbonyl (C=O) groups is 3. The number of nitrogens with zero attached hydrogens (tertiary/aromatic N) is 3. The number of anilines is 1. The molecule has 0 aliphatic rings. The molecule has 2 amide bonds. The van der Waals surface area contributed by atoms with Crippen LogP contribution in [0.1, 0.15) is 58.5 Å². The maximum atomic E-state index is 12.9. The molecule has 0 saturated carbocycles. The lowest BCUT2D eigenvalue weighted by Gasteiger charge is -2.27. The molecule has 1 heterocycles. The van der Waals surface area contributed by atoms with Crippen molar-refractivity contribution in [2.75, 3.05) is 11.9 Å². The van der Waals surface area contributed by atoms with Gasteiger partial charge in [-0.05, 0) is 32.4 Å². The van der Waals surface area contributed by atoms with Crippen molar-refractivity contribution < 1.29 is 19.5 Å². The molecule has 0 spiro atoms. The zero-order valence-corrected chi connectivity index (χ0v) is 15.5. The summed E-state index contributed by atoms with van der Waals surface area (Å²) < 4.78 is 0. The molecule has 1 aromatic heterocycles. The Balaban J connectivity index is 2.25. The third-order valence-corrected chi connectivity index (χ3v) is 3.86. The fourth-order valence-corrected chi connectivity index (χ4v) is 2.51. The Bertz CT molecular complexity index is 834. The van der Waals surface area contributed by atoms with E-state index in [0.29, 0.717) is 17.8 Å². The summed E-state index contributed by atoms with van der Waals surface area (Å²) in [6, 6.07) is 6.76. The largest absolute Gasteiger partial charge is 0.476 e. The summed E-state index contributed by atoms with van der Waals surface area (Å²) in [7, 11) is 0. The molecular weight excluding hydrogens is 348 g/mol. The van der Waals surface area contributed by atoms with Gasteiger partial charge in [0.25, 0.3) is 11.8 Å². The lowest BCUT2D eigenvalue weighted by molar-refractivity contribution is 0.0685. The normalized spacial score (nSPS) is 10.5. The SMILES string of the molecule is CCCN(C(=O)c1ccccc1NC(=O)c1cnc(C(=O)O)cn1)C(C)C. The lowest BCUT2D eigenvalue weighted by Crippen LogP contribution is -2.38. The monoisotopic (exact) mass is 370 g/mol. The molecule has 2 N–H and O–H groups in total. The average molecular weight is 370 g/mol. The predicted molar refractivity (Wildman–Crippen MR) is 99.9 cm³/mol. The number of hydrogen-bond acceptors (Lipinski definition) is 5. The van der Waals surface area contributed by atoms with Crippen LogP contribution in [0.2, 0.25) is 0 Å². The summed E-state index contributed by atoms with van der Waals surface area (Å²) in [5.74, 6) is -1.98. The predicted octanol–water partition coefficient (Wildman–Crippen LogP) is 2.69. The molecule has 0 bridgehead atoms. The molecule has 1 aromatic carbocycles. The van der Waals surface area contributed by atoms with Crippen LogP contribution in [0.3, 0.4) is 0 Å². The molecule has 0 unspecified atom stereocenters. The van der Waals surface area contributed by atoms with Crippen molar-refractivity contribution in [2.45, 2.75) is 33.2 Å². The van der Waals surface area contributed by atoms with Crippen molar-refractivity contribution in [1.82, 2.24) is 14.9 Å². The maximum absolute atomic E-state index is 12.9. The molecule has 8 nitrogen and oxygen atoms in total. The first kappa shape index (κ1) is 20.0. The van der Waals surface area contributed by atoms with Crippen LogP contribution in [-0.2, 0) is 0 Å². The molecule has 0 saturated heterocycles. The molecule has 2 rings (SSSR count). The molecule has 27 heavy (non-hydrogen) atoms. The number of carboxylic acids is 1.